The molecule has 2 aliphatic rings. The molecule has 2 fully saturated rings. The number of fused-ring (bicyclic) bond motifs is 2. The topological polar surface area (TPSA) is 20.3 Å². The Morgan fingerprint density at radius 1 is 1.33 bits per heavy atom. The normalized spacial score (nSPS) is 34.5. The van der Waals surface area contributed by atoms with E-state index in [1.807, 2.05) is 0 Å². The minimum absolute atomic E-state index is 0.0575. The number of hydrogen-bond donors (Lipinski definition) is 0. The Hall–Kier alpha value is -0.670. The molecule has 0 N–H and O–H groups in total. The summed E-state index contributed by atoms with van der Waals surface area (Å²) in [6.45, 7) is 0.680. The van der Waals surface area contributed by atoms with Crippen LogP contribution < -0.4 is 0 Å². The van der Waals surface area contributed by atoms with Gasteiger partial charge in [-0.05, 0) is 31.1 Å². The van der Waals surface area contributed by atoms with E-state index in [4.69, 9.17) is 0 Å². The van der Waals surface area contributed by atoms with Gasteiger partial charge >= 0.3 is 5.92 Å². The molecule has 86 valence electrons. The van der Waals surface area contributed by atoms with Gasteiger partial charge in [-0.3, -0.25) is 4.79 Å². The van der Waals surface area contributed by atoms with Crippen LogP contribution in [-0.4, -0.2) is 29.8 Å². The van der Waals surface area contributed by atoms with E-state index in [1.54, 1.807) is 0 Å². The van der Waals surface area contributed by atoms with E-state index >= 15 is 0 Å². The molecule has 0 spiro atoms. The third kappa shape index (κ3) is 1.86. The molecule has 0 saturated heterocycles. The Morgan fingerprint density at radius 2 is 2.00 bits per heavy atom. The van der Waals surface area contributed by atoms with Gasteiger partial charge in [0.1, 0.15) is 0 Å². The highest BCUT2D eigenvalue weighted by atomic mass is 19.3. The van der Waals surface area contributed by atoms with Gasteiger partial charge in [0.25, 0.3) is 5.91 Å². The molecule has 0 aliphatic heterocycles. The van der Waals surface area contributed by atoms with Crippen LogP contribution in [0, 0.1) is 11.8 Å². The lowest BCUT2D eigenvalue weighted by Crippen LogP contribution is -2.47. The molecule has 2 aliphatic carbocycles. The number of hydrogen-bond acceptors (Lipinski definition) is 1. The van der Waals surface area contributed by atoms with Gasteiger partial charge in [-0.25, -0.2) is 0 Å². The van der Waals surface area contributed by atoms with Crippen LogP contribution in [0.15, 0.2) is 0 Å². The van der Waals surface area contributed by atoms with E-state index < -0.39 is 11.8 Å². The van der Waals surface area contributed by atoms with Gasteiger partial charge < -0.3 is 4.90 Å². The van der Waals surface area contributed by atoms with Crippen molar-refractivity contribution in [3.63, 3.8) is 0 Å². The van der Waals surface area contributed by atoms with Gasteiger partial charge in [0.2, 0.25) is 0 Å². The van der Waals surface area contributed by atoms with Crippen LogP contribution in [0.4, 0.5) is 8.78 Å². The zero-order valence-electron chi connectivity index (χ0n) is 9.17. The molecule has 0 radical (unpaired) electrons. The minimum atomic E-state index is -3.23. The lowest BCUT2D eigenvalue weighted by Gasteiger charge is -2.32. The Kier molecular flexibility index (Phi) is 2.47. The number of carbonyl (C=O) groups is 1. The average molecular weight is 217 g/mol. The fourth-order valence-electron chi connectivity index (χ4n) is 3.15. The highest BCUT2D eigenvalue weighted by Gasteiger charge is 2.46. The van der Waals surface area contributed by atoms with Crippen molar-refractivity contribution in [2.75, 3.05) is 7.05 Å². The molecule has 1 amide bonds. The third-order valence-corrected chi connectivity index (χ3v) is 3.89. The zero-order chi connectivity index (χ0) is 11.2. The first-order chi connectivity index (χ1) is 6.89. The number of halogens is 2. The van der Waals surface area contributed by atoms with Crippen LogP contribution in [0.25, 0.3) is 0 Å². The van der Waals surface area contributed by atoms with Crippen molar-refractivity contribution in [3.8, 4) is 0 Å². The molecule has 2 bridgehead atoms. The van der Waals surface area contributed by atoms with Crippen molar-refractivity contribution >= 4 is 5.91 Å². The Balaban J connectivity index is 2.03. The van der Waals surface area contributed by atoms with Crippen molar-refractivity contribution in [2.24, 2.45) is 11.8 Å². The Morgan fingerprint density at radius 3 is 2.40 bits per heavy atom. The fraction of sp³-hybridized carbons (Fsp3) is 0.909. The summed E-state index contributed by atoms with van der Waals surface area (Å²) in [5, 5.41) is 0. The Labute approximate surface area is 88.6 Å². The van der Waals surface area contributed by atoms with E-state index in [0.717, 1.165) is 19.3 Å². The molecule has 2 nitrogen and oxygen atoms in total. The second-order valence-electron chi connectivity index (χ2n) is 5.05. The maximum absolute atomic E-state index is 12.9. The zero-order valence-corrected chi connectivity index (χ0v) is 9.17. The molecule has 2 rings (SSSR count). The minimum Gasteiger partial charge on any atom is -0.337 e. The first-order valence-electron chi connectivity index (χ1n) is 5.54. The summed E-state index contributed by atoms with van der Waals surface area (Å²) in [5.41, 5.74) is 0. The highest BCUT2D eigenvalue weighted by molar-refractivity contribution is 5.83. The molecule has 2 saturated carbocycles. The predicted molar refractivity (Wildman–Crippen MR) is 52.6 cm³/mol. The number of alkyl halides is 2. The SMILES string of the molecule is CN(C(=O)C(C)(F)F)C1CC2CCC1C2. The number of rotatable bonds is 2. The second kappa shape index (κ2) is 3.42. The van der Waals surface area contributed by atoms with Crippen molar-refractivity contribution in [1.82, 2.24) is 4.90 Å². The average Bonchev–Trinajstić information content (AvgIpc) is 2.74. The Bertz CT molecular complexity index is 274. The first kappa shape index (κ1) is 10.8. The van der Waals surface area contributed by atoms with Crippen molar-refractivity contribution in [1.29, 1.82) is 0 Å². The van der Waals surface area contributed by atoms with Crippen molar-refractivity contribution < 1.29 is 13.6 Å². The highest BCUT2D eigenvalue weighted by Crippen LogP contribution is 2.46. The monoisotopic (exact) mass is 217 g/mol. The standard InChI is InChI=1S/C11H17F2NO/c1-11(12,13)10(15)14(2)9-6-7-3-4-8(9)5-7/h7-9H,3-6H2,1-2H3. The number of amides is 1. The van der Waals surface area contributed by atoms with E-state index in [1.165, 1.54) is 18.4 Å². The van der Waals surface area contributed by atoms with Crippen LogP contribution >= 0.6 is 0 Å². The van der Waals surface area contributed by atoms with E-state index in [-0.39, 0.29) is 6.04 Å². The quantitative estimate of drug-likeness (QED) is 0.695. The summed E-state index contributed by atoms with van der Waals surface area (Å²) in [6, 6.07) is 0.0575. The first-order valence-corrected chi connectivity index (χ1v) is 5.54. The van der Waals surface area contributed by atoms with Gasteiger partial charge in [0.05, 0.1) is 0 Å². The van der Waals surface area contributed by atoms with Gasteiger partial charge in [-0.2, -0.15) is 8.78 Å². The molecule has 0 aromatic heterocycles. The van der Waals surface area contributed by atoms with Gasteiger partial charge in [0.15, 0.2) is 0 Å². The van der Waals surface area contributed by atoms with Crippen molar-refractivity contribution in [3.05, 3.63) is 0 Å². The summed E-state index contributed by atoms with van der Waals surface area (Å²) in [6.07, 6.45) is 4.36. The van der Waals surface area contributed by atoms with Gasteiger partial charge in [-0.1, -0.05) is 6.42 Å². The van der Waals surface area contributed by atoms with Gasteiger partial charge in [-0.15, -0.1) is 0 Å². The molecule has 15 heavy (non-hydrogen) atoms. The molecule has 0 aromatic rings. The van der Waals surface area contributed by atoms with E-state index in [9.17, 15) is 13.6 Å². The van der Waals surface area contributed by atoms with Crippen LogP contribution in [0.5, 0.6) is 0 Å². The molecular weight excluding hydrogens is 200 g/mol. The largest absolute Gasteiger partial charge is 0.337 e. The third-order valence-electron chi connectivity index (χ3n) is 3.89. The van der Waals surface area contributed by atoms with E-state index in [2.05, 4.69) is 0 Å². The van der Waals surface area contributed by atoms with Crippen molar-refractivity contribution in [2.45, 2.75) is 44.6 Å². The molecule has 3 unspecified atom stereocenters. The second-order valence-corrected chi connectivity index (χ2v) is 5.05. The summed E-state index contributed by atoms with van der Waals surface area (Å²) in [5.74, 6) is -3.12. The molecular formula is C11H17F2NO. The molecule has 3 atom stereocenters. The molecule has 0 heterocycles. The maximum Gasteiger partial charge on any atom is 0.322 e. The molecule has 0 aromatic carbocycles. The summed E-state index contributed by atoms with van der Waals surface area (Å²) >= 11 is 0. The molecule has 4 heteroatoms. The number of carbonyl (C=O) groups excluding carboxylic acids is 1. The van der Waals surface area contributed by atoms with Gasteiger partial charge in [0, 0.05) is 20.0 Å². The lowest BCUT2D eigenvalue weighted by atomic mass is 9.94. The van der Waals surface area contributed by atoms with Crippen LogP contribution in [-0.2, 0) is 4.79 Å². The van der Waals surface area contributed by atoms with Crippen LogP contribution in [0.1, 0.15) is 32.6 Å². The predicted octanol–water partition coefficient (Wildman–Crippen LogP) is 2.29. The number of nitrogens with zero attached hydrogens (tertiary/aromatic N) is 1. The summed E-state index contributed by atoms with van der Waals surface area (Å²) < 4.78 is 25.7. The summed E-state index contributed by atoms with van der Waals surface area (Å²) in [4.78, 5) is 12.7. The summed E-state index contributed by atoms with van der Waals surface area (Å²) in [7, 11) is 1.52. The fourth-order valence-corrected chi connectivity index (χ4v) is 3.15. The lowest BCUT2D eigenvalue weighted by molar-refractivity contribution is -0.156. The van der Waals surface area contributed by atoms with E-state index in [0.29, 0.717) is 18.8 Å². The smallest absolute Gasteiger partial charge is 0.322 e. The maximum atomic E-state index is 12.9. The van der Waals surface area contributed by atoms with Crippen LogP contribution in [0.3, 0.4) is 0 Å². The van der Waals surface area contributed by atoms with Crippen LogP contribution in [0.2, 0.25) is 0 Å².